The maximum atomic E-state index is 12.9. The smallest absolute Gasteiger partial charge is 0.308 e. The van der Waals surface area contributed by atoms with Crippen molar-refractivity contribution < 1.29 is 14.7 Å². The molecule has 1 aromatic carbocycles. The lowest BCUT2D eigenvalue weighted by atomic mass is 10.1. The number of carboxylic acids is 1. The van der Waals surface area contributed by atoms with Gasteiger partial charge in [-0.3, -0.25) is 9.59 Å². The Morgan fingerprint density at radius 1 is 1.20 bits per heavy atom. The third kappa shape index (κ3) is 3.18. The van der Waals surface area contributed by atoms with Crippen LogP contribution in [-0.4, -0.2) is 39.5 Å². The predicted molar refractivity (Wildman–Crippen MR) is 95.8 cm³/mol. The van der Waals surface area contributed by atoms with Crippen molar-refractivity contribution in [2.45, 2.75) is 33.2 Å². The highest BCUT2D eigenvalue weighted by atomic mass is 16.4. The van der Waals surface area contributed by atoms with Crippen molar-refractivity contribution in [1.82, 2.24) is 9.47 Å². The number of aromatic nitrogens is 1. The van der Waals surface area contributed by atoms with Crippen LogP contribution < -0.4 is 0 Å². The van der Waals surface area contributed by atoms with Gasteiger partial charge in [-0.05, 0) is 38.8 Å². The third-order valence-electron chi connectivity index (χ3n) is 5.21. The van der Waals surface area contributed by atoms with E-state index in [2.05, 4.69) is 23.6 Å². The van der Waals surface area contributed by atoms with Gasteiger partial charge in [-0.1, -0.05) is 30.3 Å². The number of amides is 1. The molecule has 1 aromatic heterocycles. The van der Waals surface area contributed by atoms with Crippen LogP contribution >= 0.6 is 0 Å². The van der Waals surface area contributed by atoms with E-state index in [0.29, 0.717) is 25.1 Å². The maximum absolute atomic E-state index is 12.9. The lowest BCUT2D eigenvalue weighted by Gasteiger charge is -2.20. The molecule has 5 heteroatoms. The van der Waals surface area contributed by atoms with E-state index < -0.39 is 11.9 Å². The lowest BCUT2D eigenvalue weighted by Crippen LogP contribution is -2.30. The zero-order valence-electron chi connectivity index (χ0n) is 14.9. The van der Waals surface area contributed by atoms with Gasteiger partial charge in [0.2, 0.25) is 0 Å². The topological polar surface area (TPSA) is 62.5 Å². The van der Waals surface area contributed by atoms with Crippen molar-refractivity contribution in [1.29, 1.82) is 0 Å². The monoisotopic (exact) mass is 340 g/mol. The second-order valence-corrected chi connectivity index (χ2v) is 6.82. The van der Waals surface area contributed by atoms with Crippen LogP contribution in [-0.2, 0) is 4.79 Å². The highest BCUT2D eigenvalue weighted by molar-refractivity contribution is 5.96. The van der Waals surface area contributed by atoms with Crippen LogP contribution in [0, 0.1) is 19.8 Å². The minimum Gasteiger partial charge on any atom is -0.481 e. The molecule has 1 amide bonds. The average molecular weight is 340 g/mol. The maximum Gasteiger partial charge on any atom is 0.308 e. The third-order valence-corrected chi connectivity index (χ3v) is 5.21. The van der Waals surface area contributed by atoms with Crippen LogP contribution in [0.5, 0.6) is 0 Å². The Hall–Kier alpha value is -2.56. The number of nitrogens with zero attached hydrogens (tertiary/aromatic N) is 2. The van der Waals surface area contributed by atoms with Crippen LogP contribution in [0.4, 0.5) is 0 Å². The summed E-state index contributed by atoms with van der Waals surface area (Å²) in [6.07, 6.45) is 0.528. The minimum absolute atomic E-state index is 0.0663. The Morgan fingerprint density at radius 3 is 2.48 bits per heavy atom. The van der Waals surface area contributed by atoms with E-state index in [0.717, 1.165) is 11.4 Å². The van der Waals surface area contributed by atoms with Crippen LogP contribution in [0.25, 0.3) is 0 Å². The normalized spacial score (nSPS) is 18.4. The Labute approximate surface area is 147 Å². The van der Waals surface area contributed by atoms with Gasteiger partial charge in [0.15, 0.2) is 0 Å². The van der Waals surface area contributed by atoms with Gasteiger partial charge in [0.1, 0.15) is 0 Å². The molecule has 2 aromatic rings. The first-order chi connectivity index (χ1) is 11.9. The summed E-state index contributed by atoms with van der Waals surface area (Å²) in [7, 11) is 0. The molecule has 2 unspecified atom stereocenters. The first-order valence-corrected chi connectivity index (χ1v) is 8.65. The number of likely N-dealkylation sites (tertiary alicyclic amines) is 1. The van der Waals surface area contributed by atoms with Crippen molar-refractivity contribution in [2.75, 3.05) is 13.1 Å². The fraction of sp³-hybridized carbons (Fsp3) is 0.400. The van der Waals surface area contributed by atoms with Gasteiger partial charge in [0.25, 0.3) is 5.91 Å². The van der Waals surface area contributed by atoms with Gasteiger partial charge >= 0.3 is 5.97 Å². The van der Waals surface area contributed by atoms with Crippen LogP contribution in [0.2, 0.25) is 0 Å². The number of aryl methyl sites for hydroxylation is 1. The summed E-state index contributed by atoms with van der Waals surface area (Å²) in [6.45, 7) is 6.90. The largest absolute Gasteiger partial charge is 0.481 e. The molecule has 2 heterocycles. The minimum atomic E-state index is -0.821. The standard InChI is InChI=1S/C20H24N2O3/c1-13-11-18(19(23)21-10-9-17(12-21)20(24)25)15(3)22(13)14(2)16-7-5-4-6-8-16/h4-8,11,14,17H,9-10,12H2,1-3H3,(H,24,25). The van der Waals surface area contributed by atoms with E-state index >= 15 is 0 Å². The van der Waals surface area contributed by atoms with Crippen molar-refractivity contribution in [3.8, 4) is 0 Å². The molecular weight excluding hydrogens is 316 g/mol. The van der Waals surface area contributed by atoms with E-state index in [4.69, 9.17) is 5.11 Å². The summed E-state index contributed by atoms with van der Waals surface area (Å²) in [5.74, 6) is -1.34. The molecule has 1 saturated heterocycles. The second-order valence-electron chi connectivity index (χ2n) is 6.82. The molecule has 5 nitrogen and oxygen atoms in total. The average Bonchev–Trinajstić information content (AvgIpc) is 3.20. The van der Waals surface area contributed by atoms with E-state index in [1.54, 1.807) is 4.90 Å². The molecule has 1 fully saturated rings. The van der Waals surface area contributed by atoms with Crippen molar-refractivity contribution >= 4 is 11.9 Å². The van der Waals surface area contributed by atoms with Gasteiger partial charge in [-0.25, -0.2) is 0 Å². The first kappa shape index (κ1) is 17.3. The van der Waals surface area contributed by atoms with Crippen molar-refractivity contribution in [2.24, 2.45) is 5.92 Å². The number of carbonyl (C=O) groups is 2. The molecule has 1 aliphatic rings. The molecule has 0 radical (unpaired) electrons. The zero-order chi connectivity index (χ0) is 18.1. The molecule has 3 rings (SSSR count). The fourth-order valence-corrected chi connectivity index (χ4v) is 3.79. The van der Waals surface area contributed by atoms with Crippen molar-refractivity contribution in [3.63, 3.8) is 0 Å². The number of hydrogen-bond acceptors (Lipinski definition) is 2. The second kappa shape index (κ2) is 6.75. The highest BCUT2D eigenvalue weighted by Crippen LogP contribution is 2.27. The molecule has 0 aliphatic carbocycles. The summed E-state index contributed by atoms with van der Waals surface area (Å²) < 4.78 is 2.17. The number of rotatable bonds is 4. The molecule has 0 saturated carbocycles. The highest BCUT2D eigenvalue weighted by Gasteiger charge is 2.32. The lowest BCUT2D eigenvalue weighted by molar-refractivity contribution is -0.141. The molecule has 25 heavy (non-hydrogen) atoms. The molecule has 1 aliphatic heterocycles. The number of aliphatic carboxylic acids is 1. The van der Waals surface area contributed by atoms with Crippen molar-refractivity contribution in [3.05, 3.63) is 58.9 Å². The van der Waals surface area contributed by atoms with Gasteiger partial charge < -0.3 is 14.6 Å². The van der Waals surface area contributed by atoms with Gasteiger partial charge in [0, 0.05) is 24.5 Å². The summed E-state index contributed by atoms with van der Waals surface area (Å²) in [5, 5.41) is 9.14. The Morgan fingerprint density at radius 2 is 1.88 bits per heavy atom. The first-order valence-electron chi connectivity index (χ1n) is 8.65. The van der Waals surface area contributed by atoms with Gasteiger partial charge in [0.05, 0.1) is 17.5 Å². The number of benzene rings is 1. The number of carbonyl (C=O) groups excluding carboxylic acids is 1. The summed E-state index contributed by atoms with van der Waals surface area (Å²) in [5.41, 5.74) is 3.82. The summed E-state index contributed by atoms with van der Waals surface area (Å²) in [4.78, 5) is 25.7. The van der Waals surface area contributed by atoms with E-state index in [1.165, 1.54) is 5.56 Å². The summed E-state index contributed by atoms with van der Waals surface area (Å²) >= 11 is 0. The number of hydrogen-bond donors (Lipinski definition) is 1. The SMILES string of the molecule is Cc1cc(C(=O)N2CCC(C(=O)O)C2)c(C)n1C(C)c1ccccc1. The fourth-order valence-electron chi connectivity index (χ4n) is 3.79. The van der Waals surface area contributed by atoms with Crippen LogP contribution in [0.3, 0.4) is 0 Å². The quantitative estimate of drug-likeness (QED) is 0.929. The molecule has 2 atom stereocenters. The van der Waals surface area contributed by atoms with Gasteiger partial charge in [-0.15, -0.1) is 0 Å². The summed E-state index contributed by atoms with van der Waals surface area (Å²) in [6, 6.07) is 12.3. The molecule has 132 valence electrons. The molecule has 1 N–H and O–H groups in total. The molecule has 0 bridgehead atoms. The van der Waals surface area contributed by atoms with Crippen LogP contribution in [0.15, 0.2) is 36.4 Å². The molecule has 0 spiro atoms. The molecular formula is C20H24N2O3. The van der Waals surface area contributed by atoms with E-state index in [1.807, 2.05) is 38.1 Å². The Bertz CT molecular complexity index is 795. The Balaban J connectivity index is 1.87. The van der Waals surface area contributed by atoms with E-state index in [-0.39, 0.29) is 11.9 Å². The van der Waals surface area contributed by atoms with E-state index in [9.17, 15) is 9.59 Å². The predicted octanol–water partition coefficient (Wildman–Crippen LogP) is 3.26. The van der Waals surface area contributed by atoms with Gasteiger partial charge in [-0.2, -0.15) is 0 Å². The Kier molecular flexibility index (Phi) is 4.66. The number of carboxylic acid groups (broad SMARTS) is 1. The van der Waals surface area contributed by atoms with Crippen LogP contribution in [0.1, 0.15) is 46.7 Å². The zero-order valence-corrected chi connectivity index (χ0v) is 14.9.